The second-order valence-corrected chi connectivity index (χ2v) is 10.0. The fourth-order valence-corrected chi connectivity index (χ4v) is 5.64. The normalized spacial score (nSPS) is 14.9. The van der Waals surface area contributed by atoms with Crippen LogP contribution in [0.5, 0.6) is 0 Å². The Morgan fingerprint density at radius 1 is 1.09 bits per heavy atom. The number of benzene rings is 1. The van der Waals surface area contributed by atoms with Crippen molar-refractivity contribution in [3.63, 3.8) is 0 Å². The number of carbonyl (C=O) groups excluding carboxylic acids is 3. The molecule has 0 bridgehead atoms. The van der Waals surface area contributed by atoms with Crippen molar-refractivity contribution in [2.75, 3.05) is 46.4 Å². The number of ether oxygens (including phenoxy) is 1. The summed E-state index contributed by atoms with van der Waals surface area (Å²) in [5, 5.41) is 0. The summed E-state index contributed by atoms with van der Waals surface area (Å²) in [5.74, 6) is -1.07. The minimum atomic E-state index is -3.72. The van der Waals surface area contributed by atoms with Gasteiger partial charge in [0, 0.05) is 38.8 Å². The zero-order valence-corrected chi connectivity index (χ0v) is 21.0. The minimum absolute atomic E-state index is 0.0952. The molecule has 1 aromatic rings. The monoisotopic (exact) mass is 481 g/mol. The van der Waals surface area contributed by atoms with Crippen LogP contribution in [0.2, 0.25) is 0 Å². The Morgan fingerprint density at radius 3 is 2.24 bits per heavy atom. The molecule has 0 spiro atoms. The Balaban J connectivity index is 2.07. The van der Waals surface area contributed by atoms with Gasteiger partial charge in [0.15, 0.2) is 0 Å². The molecule has 10 heteroatoms. The molecule has 1 fully saturated rings. The number of aryl methyl sites for hydroxylation is 1. The number of amides is 2. The third kappa shape index (κ3) is 6.32. The third-order valence-electron chi connectivity index (χ3n) is 5.95. The molecule has 0 atom stereocenters. The van der Waals surface area contributed by atoms with E-state index in [0.717, 1.165) is 0 Å². The van der Waals surface area contributed by atoms with Crippen LogP contribution in [-0.2, 0) is 24.3 Å². The highest BCUT2D eigenvalue weighted by molar-refractivity contribution is 7.89. The summed E-state index contributed by atoms with van der Waals surface area (Å²) >= 11 is 0. The summed E-state index contributed by atoms with van der Waals surface area (Å²) < 4.78 is 32.3. The van der Waals surface area contributed by atoms with Gasteiger partial charge in [0.05, 0.1) is 24.0 Å². The first-order chi connectivity index (χ1) is 15.6. The SMILES string of the molecule is CCOC(=O)C1CCN(C(=O)CN(C)C(=O)c2ccc(C)c(S(=O)(=O)N(CC)CC)c2)CC1. The summed E-state index contributed by atoms with van der Waals surface area (Å²) in [6, 6.07) is 4.57. The molecule has 184 valence electrons. The van der Waals surface area contributed by atoms with Gasteiger partial charge in [0.1, 0.15) is 0 Å². The summed E-state index contributed by atoms with van der Waals surface area (Å²) in [4.78, 5) is 40.6. The predicted octanol–water partition coefficient (Wildman–Crippen LogP) is 1.90. The zero-order valence-electron chi connectivity index (χ0n) is 20.2. The maximum Gasteiger partial charge on any atom is 0.309 e. The highest BCUT2D eigenvalue weighted by atomic mass is 32.2. The third-order valence-corrected chi connectivity index (χ3v) is 8.14. The van der Waals surface area contributed by atoms with Crippen molar-refractivity contribution < 1.29 is 27.5 Å². The van der Waals surface area contributed by atoms with Gasteiger partial charge in [-0.1, -0.05) is 19.9 Å². The number of likely N-dealkylation sites (tertiary alicyclic amines) is 1. The molecule has 0 saturated carbocycles. The van der Waals surface area contributed by atoms with Crippen LogP contribution < -0.4 is 0 Å². The van der Waals surface area contributed by atoms with Crippen molar-refractivity contribution in [3.8, 4) is 0 Å². The largest absolute Gasteiger partial charge is 0.466 e. The van der Waals surface area contributed by atoms with E-state index < -0.39 is 15.9 Å². The Bertz CT molecular complexity index is 966. The molecule has 0 aliphatic carbocycles. The molecule has 2 amide bonds. The second-order valence-electron chi connectivity index (χ2n) is 8.14. The van der Waals surface area contributed by atoms with Crippen molar-refractivity contribution in [1.29, 1.82) is 0 Å². The number of rotatable bonds is 9. The Kier molecular flexibility index (Phi) is 9.42. The van der Waals surface area contributed by atoms with E-state index in [2.05, 4.69) is 0 Å². The lowest BCUT2D eigenvalue weighted by atomic mass is 9.97. The van der Waals surface area contributed by atoms with E-state index in [1.807, 2.05) is 0 Å². The van der Waals surface area contributed by atoms with Gasteiger partial charge in [0.25, 0.3) is 5.91 Å². The number of carbonyl (C=O) groups is 3. The standard InChI is InChI=1S/C23H35N3O6S/c1-6-26(7-2)33(30,31)20-15-19(10-9-17(20)4)22(28)24(5)16-21(27)25-13-11-18(12-14-25)23(29)32-8-3/h9-10,15,18H,6-8,11-14,16H2,1-5H3. The average Bonchev–Trinajstić information content (AvgIpc) is 2.79. The van der Waals surface area contributed by atoms with E-state index in [0.29, 0.717) is 51.2 Å². The first-order valence-electron chi connectivity index (χ1n) is 11.4. The van der Waals surface area contributed by atoms with Gasteiger partial charge in [-0.3, -0.25) is 14.4 Å². The molecule has 2 rings (SSSR count). The lowest BCUT2D eigenvalue weighted by Crippen LogP contribution is -2.45. The van der Waals surface area contributed by atoms with Gasteiger partial charge in [-0.15, -0.1) is 0 Å². The van der Waals surface area contributed by atoms with Crippen LogP contribution in [-0.4, -0.2) is 86.7 Å². The molecule has 9 nitrogen and oxygen atoms in total. The number of hydrogen-bond acceptors (Lipinski definition) is 6. The smallest absolute Gasteiger partial charge is 0.309 e. The van der Waals surface area contributed by atoms with Gasteiger partial charge in [-0.25, -0.2) is 8.42 Å². The number of sulfonamides is 1. The summed E-state index contributed by atoms with van der Waals surface area (Å²) in [6.45, 7) is 8.71. The first-order valence-corrected chi connectivity index (χ1v) is 12.8. The van der Waals surface area contributed by atoms with Gasteiger partial charge >= 0.3 is 5.97 Å². The van der Waals surface area contributed by atoms with E-state index in [1.54, 1.807) is 44.7 Å². The van der Waals surface area contributed by atoms with Crippen LogP contribution in [0.25, 0.3) is 0 Å². The van der Waals surface area contributed by atoms with E-state index in [9.17, 15) is 22.8 Å². The van der Waals surface area contributed by atoms with Gasteiger partial charge in [0.2, 0.25) is 15.9 Å². The fourth-order valence-electron chi connectivity index (χ4n) is 3.93. The van der Waals surface area contributed by atoms with Crippen molar-refractivity contribution in [3.05, 3.63) is 29.3 Å². The quantitative estimate of drug-likeness (QED) is 0.499. The molecule has 0 aromatic heterocycles. The lowest BCUT2D eigenvalue weighted by molar-refractivity contribution is -0.151. The maximum atomic E-state index is 13.0. The number of piperidine rings is 1. The predicted molar refractivity (Wildman–Crippen MR) is 124 cm³/mol. The number of nitrogens with zero attached hydrogens (tertiary/aromatic N) is 3. The molecule has 1 aromatic carbocycles. The van der Waals surface area contributed by atoms with Crippen molar-refractivity contribution in [2.45, 2.75) is 45.4 Å². The molecule has 0 N–H and O–H groups in total. The number of esters is 1. The van der Waals surface area contributed by atoms with Crippen LogP contribution in [0.3, 0.4) is 0 Å². The molecule has 0 radical (unpaired) electrons. The maximum absolute atomic E-state index is 13.0. The zero-order chi connectivity index (χ0) is 24.8. The molecular formula is C23H35N3O6S. The Labute approximate surface area is 196 Å². The summed E-state index contributed by atoms with van der Waals surface area (Å²) in [5.41, 5.74) is 0.768. The van der Waals surface area contributed by atoms with Gasteiger partial charge < -0.3 is 14.5 Å². The van der Waals surface area contributed by atoms with Crippen LogP contribution in [0.1, 0.15) is 49.5 Å². The average molecular weight is 482 g/mol. The van der Waals surface area contributed by atoms with Crippen molar-refractivity contribution in [1.82, 2.24) is 14.1 Å². The van der Waals surface area contributed by atoms with Crippen LogP contribution >= 0.6 is 0 Å². The number of likely N-dealkylation sites (N-methyl/N-ethyl adjacent to an activating group) is 1. The number of hydrogen-bond donors (Lipinski definition) is 0. The van der Waals surface area contributed by atoms with E-state index in [-0.39, 0.29) is 34.8 Å². The summed E-state index contributed by atoms with van der Waals surface area (Å²) in [7, 11) is -2.20. The minimum Gasteiger partial charge on any atom is -0.466 e. The second kappa shape index (κ2) is 11.6. The molecule has 1 heterocycles. The van der Waals surface area contributed by atoms with E-state index in [1.165, 1.54) is 22.3 Å². The van der Waals surface area contributed by atoms with Gasteiger partial charge in [-0.2, -0.15) is 4.31 Å². The van der Waals surface area contributed by atoms with Crippen molar-refractivity contribution >= 4 is 27.8 Å². The highest BCUT2D eigenvalue weighted by Gasteiger charge is 2.30. The molecule has 0 unspecified atom stereocenters. The highest BCUT2D eigenvalue weighted by Crippen LogP contribution is 2.22. The molecule has 33 heavy (non-hydrogen) atoms. The molecular weight excluding hydrogens is 446 g/mol. The van der Waals surface area contributed by atoms with E-state index >= 15 is 0 Å². The van der Waals surface area contributed by atoms with Crippen LogP contribution in [0.4, 0.5) is 0 Å². The Hall–Kier alpha value is -2.46. The van der Waals surface area contributed by atoms with Crippen LogP contribution in [0.15, 0.2) is 23.1 Å². The first kappa shape index (κ1) is 26.8. The van der Waals surface area contributed by atoms with Crippen molar-refractivity contribution in [2.24, 2.45) is 5.92 Å². The lowest BCUT2D eigenvalue weighted by Gasteiger charge is -2.32. The molecule has 1 saturated heterocycles. The van der Waals surface area contributed by atoms with Gasteiger partial charge in [-0.05, 0) is 44.4 Å². The van der Waals surface area contributed by atoms with E-state index in [4.69, 9.17) is 4.74 Å². The summed E-state index contributed by atoms with van der Waals surface area (Å²) in [6.07, 6.45) is 1.07. The Morgan fingerprint density at radius 2 is 1.70 bits per heavy atom. The fraction of sp³-hybridized carbons (Fsp3) is 0.609. The molecule has 1 aliphatic heterocycles. The molecule has 1 aliphatic rings. The topological polar surface area (TPSA) is 104 Å². The van der Waals surface area contributed by atoms with Crippen LogP contribution in [0, 0.1) is 12.8 Å².